The maximum Gasteiger partial charge on any atom is -0.00125 e. The van der Waals surface area contributed by atoms with Gasteiger partial charge in [-0.1, -0.05) is 38.5 Å². The predicted octanol–water partition coefficient (Wildman–Crippen LogP) is 5.53. The minimum absolute atomic E-state index is 1.25. The van der Waals surface area contributed by atoms with Crippen LogP contribution in [0, 0.1) is 0 Å². The minimum atomic E-state index is 1.25. The van der Waals surface area contributed by atoms with Crippen molar-refractivity contribution in [2.45, 2.75) is 52.9 Å². The lowest BCUT2D eigenvalue weighted by Gasteiger charge is -2.16. The van der Waals surface area contributed by atoms with E-state index in [1.165, 1.54) is 37.0 Å². The zero-order valence-electron chi connectivity index (χ0n) is 9.43. The number of allylic oxidation sites excluding steroid dienone is 3. The van der Waals surface area contributed by atoms with Crippen LogP contribution in [0.4, 0.5) is 0 Å². The lowest BCUT2D eigenvalue weighted by atomic mass is 10.2. The average Bonchev–Trinajstić information content (AvgIpc) is 2.19. The highest BCUT2D eigenvalue weighted by molar-refractivity contribution is 8.12. The van der Waals surface area contributed by atoms with E-state index < -0.39 is 0 Å². The maximum absolute atomic E-state index is 2.36. The zero-order valence-corrected chi connectivity index (χ0v) is 11.1. The van der Waals surface area contributed by atoms with Gasteiger partial charge in [-0.05, 0) is 46.3 Å². The van der Waals surface area contributed by atoms with Gasteiger partial charge >= 0.3 is 0 Å². The molecule has 0 atom stereocenters. The van der Waals surface area contributed by atoms with E-state index in [9.17, 15) is 0 Å². The Morgan fingerprint density at radius 1 is 1.14 bits per heavy atom. The van der Waals surface area contributed by atoms with Crippen LogP contribution in [0.1, 0.15) is 52.9 Å². The summed E-state index contributed by atoms with van der Waals surface area (Å²) in [6.07, 6.45) is 6.41. The molecule has 0 saturated carbocycles. The lowest BCUT2D eigenvalue weighted by Crippen LogP contribution is -1.88. The molecule has 2 heteroatoms. The smallest absolute Gasteiger partial charge is 0.00125 e. The molecule has 1 rings (SSSR count). The summed E-state index contributed by atoms with van der Waals surface area (Å²) in [4.78, 5) is 4.68. The van der Waals surface area contributed by atoms with Gasteiger partial charge in [0.05, 0.1) is 0 Å². The third kappa shape index (κ3) is 3.74. The van der Waals surface area contributed by atoms with E-state index in [1.54, 1.807) is 9.81 Å². The van der Waals surface area contributed by atoms with Crippen molar-refractivity contribution in [3.05, 3.63) is 20.1 Å². The molecule has 1 aliphatic heterocycles. The molecule has 0 unspecified atom stereocenters. The zero-order chi connectivity index (χ0) is 10.4. The lowest BCUT2D eigenvalue weighted by molar-refractivity contribution is 0.809. The fraction of sp³-hybridized carbons (Fsp3) is 0.667. The summed E-state index contributed by atoms with van der Waals surface area (Å²) in [5.74, 6) is 0. The molecule has 0 aliphatic carbocycles. The van der Waals surface area contributed by atoms with Gasteiger partial charge in [0.2, 0.25) is 0 Å². The fourth-order valence-corrected chi connectivity index (χ4v) is 3.76. The molecule has 0 bridgehead atoms. The summed E-state index contributed by atoms with van der Waals surface area (Å²) < 4.78 is 0. The topological polar surface area (TPSA) is 0 Å². The number of hydrogen-bond donors (Lipinski definition) is 0. The largest absolute Gasteiger partial charge is 0.101 e. The standard InChI is InChI=1S/C12H20S2/c1-4-6-8-11-9-13-12(7-5-2)10(3)14-11/h9H,4-8H2,1-3H3. The summed E-state index contributed by atoms with van der Waals surface area (Å²) in [6, 6.07) is 0. The van der Waals surface area contributed by atoms with Crippen LogP contribution < -0.4 is 0 Å². The molecule has 0 aromatic heterocycles. The Hall–Kier alpha value is 0.180. The molecule has 80 valence electrons. The fourth-order valence-electron chi connectivity index (χ4n) is 1.42. The molecule has 0 nitrogen and oxygen atoms in total. The summed E-state index contributed by atoms with van der Waals surface area (Å²) in [7, 11) is 0. The quantitative estimate of drug-likeness (QED) is 0.607. The first kappa shape index (κ1) is 12.3. The van der Waals surface area contributed by atoms with Crippen molar-refractivity contribution in [2.24, 2.45) is 0 Å². The number of thioether (sulfide) groups is 2. The normalized spacial score (nSPS) is 17.2. The van der Waals surface area contributed by atoms with Crippen molar-refractivity contribution in [3.8, 4) is 0 Å². The van der Waals surface area contributed by atoms with Gasteiger partial charge < -0.3 is 0 Å². The molecular weight excluding hydrogens is 208 g/mol. The molecule has 0 saturated heterocycles. The molecule has 0 aromatic rings. The first-order valence-corrected chi connectivity index (χ1v) is 7.20. The Morgan fingerprint density at radius 2 is 1.93 bits per heavy atom. The first-order valence-electron chi connectivity index (χ1n) is 5.51. The van der Waals surface area contributed by atoms with Crippen LogP contribution in [0.25, 0.3) is 0 Å². The predicted molar refractivity (Wildman–Crippen MR) is 70.4 cm³/mol. The van der Waals surface area contributed by atoms with E-state index in [0.29, 0.717) is 0 Å². The third-order valence-electron chi connectivity index (χ3n) is 2.26. The van der Waals surface area contributed by atoms with E-state index in [2.05, 4.69) is 26.2 Å². The Labute approximate surface area is 96.6 Å². The van der Waals surface area contributed by atoms with Crippen LogP contribution in [-0.2, 0) is 0 Å². The third-order valence-corrected chi connectivity index (χ3v) is 4.88. The molecule has 1 aliphatic rings. The van der Waals surface area contributed by atoms with Gasteiger partial charge in [-0.15, -0.1) is 11.8 Å². The minimum Gasteiger partial charge on any atom is -0.101 e. The van der Waals surface area contributed by atoms with E-state index in [1.807, 2.05) is 23.5 Å². The van der Waals surface area contributed by atoms with Gasteiger partial charge in [0.25, 0.3) is 0 Å². The van der Waals surface area contributed by atoms with E-state index in [0.717, 1.165) is 0 Å². The highest BCUT2D eigenvalue weighted by atomic mass is 32.2. The van der Waals surface area contributed by atoms with Gasteiger partial charge in [-0.2, -0.15) is 0 Å². The second kappa shape index (κ2) is 6.62. The average molecular weight is 228 g/mol. The van der Waals surface area contributed by atoms with E-state index in [-0.39, 0.29) is 0 Å². The van der Waals surface area contributed by atoms with Crippen molar-refractivity contribution in [3.63, 3.8) is 0 Å². The van der Waals surface area contributed by atoms with E-state index >= 15 is 0 Å². The van der Waals surface area contributed by atoms with Crippen molar-refractivity contribution in [2.75, 3.05) is 0 Å². The van der Waals surface area contributed by atoms with Crippen molar-refractivity contribution >= 4 is 23.5 Å². The Balaban J connectivity index is 2.43. The molecule has 14 heavy (non-hydrogen) atoms. The molecule has 0 radical (unpaired) electrons. The van der Waals surface area contributed by atoms with Gasteiger partial charge in [-0.3, -0.25) is 0 Å². The molecule has 0 aromatic carbocycles. The van der Waals surface area contributed by atoms with Crippen molar-refractivity contribution in [1.29, 1.82) is 0 Å². The highest BCUT2D eigenvalue weighted by Crippen LogP contribution is 2.43. The maximum atomic E-state index is 2.36. The summed E-state index contributed by atoms with van der Waals surface area (Å²) in [5.41, 5.74) is 0. The van der Waals surface area contributed by atoms with Crippen LogP contribution in [0.3, 0.4) is 0 Å². The molecular formula is C12H20S2. The van der Waals surface area contributed by atoms with Crippen LogP contribution in [-0.4, -0.2) is 0 Å². The van der Waals surface area contributed by atoms with Gasteiger partial charge in [0.15, 0.2) is 0 Å². The highest BCUT2D eigenvalue weighted by Gasteiger charge is 2.11. The Bertz CT molecular complexity index is 239. The molecule has 0 spiro atoms. The summed E-state index contributed by atoms with van der Waals surface area (Å²) in [5, 5.41) is 2.36. The second-order valence-electron chi connectivity index (χ2n) is 3.64. The molecule has 1 heterocycles. The van der Waals surface area contributed by atoms with Crippen LogP contribution in [0.15, 0.2) is 20.1 Å². The molecule has 0 amide bonds. The Morgan fingerprint density at radius 3 is 2.50 bits per heavy atom. The van der Waals surface area contributed by atoms with Crippen molar-refractivity contribution in [1.82, 2.24) is 0 Å². The van der Waals surface area contributed by atoms with Crippen LogP contribution >= 0.6 is 23.5 Å². The monoisotopic (exact) mass is 228 g/mol. The number of unbranched alkanes of at least 4 members (excludes halogenated alkanes) is 1. The molecule has 0 fully saturated rings. The molecule has 0 N–H and O–H groups in total. The summed E-state index contributed by atoms with van der Waals surface area (Å²) >= 11 is 3.95. The number of rotatable bonds is 5. The Kier molecular flexibility index (Phi) is 5.80. The first-order chi connectivity index (χ1) is 6.77. The van der Waals surface area contributed by atoms with Crippen LogP contribution in [0.5, 0.6) is 0 Å². The van der Waals surface area contributed by atoms with Crippen molar-refractivity contribution < 1.29 is 0 Å². The number of hydrogen-bond acceptors (Lipinski definition) is 2. The van der Waals surface area contributed by atoms with Crippen LogP contribution in [0.2, 0.25) is 0 Å². The van der Waals surface area contributed by atoms with Gasteiger partial charge in [0.1, 0.15) is 0 Å². The summed E-state index contributed by atoms with van der Waals surface area (Å²) in [6.45, 7) is 6.77. The SMILES string of the molecule is CCCCC1=CSC(CCC)=C(C)S1. The van der Waals surface area contributed by atoms with Gasteiger partial charge in [-0.25, -0.2) is 0 Å². The van der Waals surface area contributed by atoms with Gasteiger partial charge in [0, 0.05) is 0 Å². The second-order valence-corrected chi connectivity index (χ2v) is 5.94. The van der Waals surface area contributed by atoms with E-state index in [4.69, 9.17) is 0 Å².